The summed E-state index contributed by atoms with van der Waals surface area (Å²) in [7, 11) is 3.83. The number of nitrogens with zero attached hydrogens (tertiary/aromatic N) is 2. The molecule has 1 heterocycles. The molecule has 1 aliphatic rings. The molecule has 0 spiro atoms. The maximum absolute atomic E-state index is 11.5. The van der Waals surface area contributed by atoms with Crippen LogP contribution in [0.15, 0.2) is 42.5 Å². The van der Waals surface area contributed by atoms with E-state index in [0.29, 0.717) is 30.0 Å². The average Bonchev–Trinajstić information content (AvgIpc) is 2.63. The molecule has 4 heteroatoms. The van der Waals surface area contributed by atoms with E-state index in [1.54, 1.807) is 12.1 Å². The lowest BCUT2D eigenvalue weighted by atomic mass is 9.83. The summed E-state index contributed by atoms with van der Waals surface area (Å²) in [6, 6.07) is 15.2. The molecule has 1 N–H and O–H groups in total. The molecule has 3 rings (SSSR count). The summed E-state index contributed by atoms with van der Waals surface area (Å²) in [6.45, 7) is 0.757. The van der Waals surface area contributed by atoms with Crippen molar-refractivity contribution >= 4 is 0 Å². The fraction of sp³-hybridized carbons (Fsp3) is 0.278. The van der Waals surface area contributed by atoms with Gasteiger partial charge >= 0.3 is 0 Å². The molecular formula is C18H18N2O2. The van der Waals surface area contributed by atoms with Crippen molar-refractivity contribution in [3.05, 3.63) is 64.7 Å². The predicted octanol–water partition coefficient (Wildman–Crippen LogP) is 2.25. The lowest BCUT2D eigenvalue weighted by molar-refractivity contribution is 0.0508. The molecule has 112 valence electrons. The van der Waals surface area contributed by atoms with Gasteiger partial charge in [-0.1, -0.05) is 36.4 Å². The number of ether oxygens (including phenoxy) is 1. The van der Waals surface area contributed by atoms with Crippen LogP contribution in [-0.4, -0.2) is 30.6 Å². The molecular weight excluding hydrogens is 276 g/mol. The molecule has 0 aliphatic carbocycles. The topological polar surface area (TPSA) is 56.5 Å². The summed E-state index contributed by atoms with van der Waals surface area (Å²) in [5.74, 6) is 0.477. The van der Waals surface area contributed by atoms with Gasteiger partial charge in [-0.05, 0) is 31.3 Å². The van der Waals surface area contributed by atoms with Crippen LogP contribution in [0, 0.1) is 11.3 Å². The van der Waals surface area contributed by atoms with Crippen LogP contribution in [0.3, 0.4) is 0 Å². The third-order valence-corrected chi connectivity index (χ3v) is 3.96. The first-order valence-corrected chi connectivity index (χ1v) is 7.18. The highest BCUT2D eigenvalue weighted by atomic mass is 16.5. The van der Waals surface area contributed by atoms with Gasteiger partial charge in [0.05, 0.1) is 5.56 Å². The second kappa shape index (κ2) is 5.45. The molecule has 0 fully saturated rings. The predicted molar refractivity (Wildman–Crippen MR) is 83.5 cm³/mol. The largest absolute Gasteiger partial charge is 0.487 e. The maximum atomic E-state index is 11.5. The molecule has 0 bridgehead atoms. The lowest BCUT2D eigenvalue weighted by Crippen LogP contribution is -2.39. The van der Waals surface area contributed by atoms with Crippen LogP contribution in [0.2, 0.25) is 0 Å². The van der Waals surface area contributed by atoms with Gasteiger partial charge in [-0.2, -0.15) is 5.26 Å². The highest BCUT2D eigenvalue weighted by Gasteiger charge is 2.39. The van der Waals surface area contributed by atoms with Crippen molar-refractivity contribution < 1.29 is 9.84 Å². The maximum Gasteiger partial charge on any atom is 0.144 e. The Kier molecular flexibility index (Phi) is 3.61. The SMILES string of the molecule is CN(C)CC1(O)c2ccccc2COc2c(C#N)cccc21. The zero-order valence-corrected chi connectivity index (χ0v) is 12.7. The quantitative estimate of drug-likeness (QED) is 0.923. The van der Waals surface area contributed by atoms with Gasteiger partial charge in [-0.25, -0.2) is 0 Å². The minimum absolute atomic E-state index is 0.345. The molecule has 22 heavy (non-hydrogen) atoms. The summed E-state index contributed by atoms with van der Waals surface area (Å²) in [4.78, 5) is 1.94. The molecule has 4 nitrogen and oxygen atoms in total. The molecule has 0 amide bonds. The van der Waals surface area contributed by atoms with E-state index in [9.17, 15) is 10.4 Å². The normalized spacial score (nSPS) is 19.6. The van der Waals surface area contributed by atoms with Crippen molar-refractivity contribution in [2.24, 2.45) is 0 Å². The van der Waals surface area contributed by atoms with Gasteiger partial charge < -0.3 is 14.7 Å². The van der Waals surface area contributed by atoms with Gasteiger partial charge in [0.25, 0.3) is 0 Å². The second-order valence-electron chi connectivity index (χ2n) is 5.84. The number of nitriles is 1. The van der Waals surface area contributed by atoms with Crippen molar-refractivity contribution in [3.8, 4) is 11.8 Å². The molecule has 1 atom stereocenters. The van der Waals surface area contributed by atoms with Crippen LogP contribution in [0.1, 0.15) is 22.3 Å². The number of fused-ring (bicyclic) bond motifs is 2. The average molecular weight is 294 g/mol. The van der Waals surface area contributed by atoms with Crippen LogP contribution in [0.5, 0.6) is 5.75 Å². The van der Waals surface area contributed by atoms with Crippen LogP contribution < -0.4 is 4.74 Å². The van der Waals surface area contributed by atoms with E-state index in [-0.39, 0.29) is 0 Å². The van der Waals surface area contributed by atoms with Gasteiger partial charge in [0.15, 0.2) is 0 Å². The monoisotopic (exact) mass is 294 g/mol. The van der Waals surface area contributed by atoms with Gasteiger partial charge in [0, 0.05) is 12.1 Å². The van der Waals surface area contributed by atoms with Crippen molar-refractivity contribution in [2.45, 2.75) is 12.2 Å². The molecule has 2 aromatic carbocycles. The minimum Gasteiger partial charge on any atom is -0.487 e. The Morgan fingerprint density at radius 3 is 2.64 bits per heavy atom. The number of para-hydroxylation sites is 1. The first-order valence-electron chi connectivity index (χ1n) is 7.18. The van der Waals surface area contributed by atoms with Crippen molar-refractivity contribution in [2.75, 3.05) is 20.6 Å². The Bertz CT molecular complexity index is 749. The smallest absolute Gasteiger partial charge is 0.144 e. The molecule has 1 aliphatic heterocycles. The van der Waals surface area contributed by atoms with E-state index in [2.05, 4.69) is 6.07 Å². The van der Waals surface area contributed by atoms with Crippen molar-refractivity contribution in [3.63, 3.8) is 0 Å². The zero-order valence-electron chi connectivity index (χ0n) is 12.7. The summed E-state index contributed by atoms with van der Waals surface area (Å²) in [5.41, 5.74) is 1.65. The van der Waals surface area contributed by atoms with Crippen LogP contribution >= 0.6 is 0 Å². The fourth-order valence-corrected chi connectivity index (χ4v) is 3.08. The van der Waals surface area contributed by atoms with Gasteiger partial charge in [0.1, 0.15) is 24.0 Å². The molecule has 0 aromatic heterocycles. The number of benzene rings is 2. The lowest BCUT2D eigenvalue weighted by Gasteiger charge is -2.32. The first kappa shape index (κ1) is 14.6. The number of hydrogen-bond acceptors (Lipinski definition) is 4. The fourth-order valence-electron chi connectivity index (χ4n) is 3.08. The van der Waals surface area contributed by atoms with Gasteiger partial charge in [-0.15, -0.1) is 0 Å². The Balaban J connectivity index is 2.29. The molecule has 0 radical (unpaired) electrons. The van der Waals surface area contributed by atoms with E-state index in [1.807, 2.05) is 49.3 Å². The summed E-state index contributed by atoms with van der Waals surface area (Å²) >= 11 is 0. The molecule has 0 saturated heterocycles. The summed E-state index contributed by atoms with van der Waals surface area (Å²) < 4.78 is 5.87. The molecule has 0 saturated carbocycles. The van der Waals surface area contributed by atoms with Gasteiger partial charge in [-0.3, -0.25) is 0 Å². The van der Waals surface area contributed by atoms with E-state index in [4.69, 9.17) is 4.74 Å². The van der Waals surface area contributed by atoms with Gasteiger partial charge in [0.2, 0.25) is 0 Å². The van der Waals surface area contributed by atoms with Crippen LogP contribution in [0.4, 0.5) is 0 Å². The minimum atomic E-state index is -1.21. The van der Waals surface area contributed by atoms with Crippen molar-refractivity contribution in [1.29, 1.82) is 5.26 Å². The Labute approximate surface area is 130 Å². The highest BCUT2D eigenvalue weighted by molar-refractivity contribution is 5.56. The second-order valence-corrected chi connectivity index (χ2v) is 5.84. The Hall–Kier alpha value is -2.35. The van der Waals surface area contributed by atoms with Crippen molar-refractivity contribution in [1.82, 2.24) is 4.90 Å². The Morgan fingerprint density at radius 1 is 1.18 bits per heavy atom. The first-order chi connectivity index (χ1) is 10.6. The number of rotatable bonds is 2. The third-order valence-electron chi connectivity index (χ3n) is 3.96. The van der Waals surface area contributed by atoms with Crippen LogP contribution in [0.25, 0.3) is 0 Å². The highest BCUT2D eigenvalue weighted by Crippen LogP contribution is 2.42. The standard InChI is InChI=1S/C18H18N2O2/c1-20(2)12-18(21)15-8-4-3-6-14(15)11-22-17-13(10-19)7-5-9-16(17)18/h3-9,21H,11-12H2,1-2H3. The summed E-state index contributed by atoms with van der Waals surface area (Å²) in [6.07, 6.45) is 0. The van der Waals surface area contributed by atoms with E-state index < -0.39 is 5.60 Å². The van der Waals surface area contributed by atoms with E-state index >= 15 is 0 Å². The number of likely N-dealkylation sites (N-methyl/N-ethyl adjacent to an activating group) is 1. The summed E-state index contributed by atoms with van der Waals surface area (Å²) in [5, 5.41) is 20.8. The van der Waals surface area contributed by atoms with E-state index in [0.717, 1.165) is 11.1 Å². The number of hydrogen-bond donors (Lipinski definition) is 1. The number of aliphatic hydroxyl groups is 1. The molecule has 1 unspecified atom stereocenters. The van der Waals surface area contributed by atoms with Crippen LogP contribution in [-0.2, 0) is 12.2 Å². The Morgan fingerprint density at radius 2 is 1.91 bits per heavy atom. The zero-order chi connectivity index (χ0) is 15.7. The van der Waals surface area contributed by atoms with E-state index in [1.165, 1.54) is 0 Å². The third kappa shape index (κ3) is 2.25. The molecule has 2 aromatic rings.